The van der Waals surface area contributed by atoms with Crippen molar-refractivity contribution in [3.05, 3.63) is 23.8 Å². The first-order chi connectivity index (χ1) is 10.0. The molecule has 1 aliphatic heterocycles. The summed E-state index contributed by atoms with van der Waals surface area (Å²) >= 11 is 0. The number of nitrogens with zero attached hydrogens (tertiary/aromatic N) is 1. The molecule has 0 amide bonds. The molecule has 1 aliphatic rings. The number of rotatable bonds is 4. The molecule has 1 fully saturated rings. The van der Waals surface area contributed by atoms with E-state index in [0.717, 1.165) is 36.2 Å². The minimum Gasteiger partial charge on any atom is -0.496 e. The van der Waals surface area contributed by atoms with Crippen LogP contribution in [-0.4, -0.2) is 26.0 Å². The Labute approximate surface area is 128 Å². The van der Waals surface area contributed by atoms with Gasteiger partial charge in [-0.15, -0.1) is 0 Å². The van der Waals surface area contributed by atoms with E-state index in [1.54, 1.807) is 14.0 Å². The Balaban J connectivity index is 2.27. The van der Waals surface area contributed by atoms with Gasteiger partial charge in [-0.3, -0.25) is 4.79 Å². The van der Waals surface area contributed by atoms with Gasteiger partial charge in [-0.2, -0.15) is 0 Å². The number of carbonyl (C=O) groups excluding carboxylic acids is 1. The first-order valence-electron chi connectivity index (χ1n) is 7.97. The van der Waals surface area contributed by atoms with E-state index in [1.165, 1.54) is 19.3 Å². The lowest BCUT2D eigenvalue weighted by Gasteiger charge is -2.26. The van der Waals surface area contributed by atoms with Gasteiger partial charge in [0.05, 0.1) is 18.4 Å². The topological polar surface area (TPSA) is 29.5 Å². The van der Waals surface area contributed by atoms with E-state index in [0.29, 0.717) is 5.75 Å². The van der Waals surface area contributed by atoms with E-state index in [9.17, 15) is 4.79 Å². The molecule has 21 heavy (non-hydrogen) atoms. The summed E-state index contributed by atoms with van der Waals surface area (Å²) in [6.07, 6.45) is 3.68. The van der Waals surface area contributed by atoms with Gasteiger partial charge in [-0.1, -0.05) is 19.9 Å². The molecular formula is C18H27NO2. The maximum absolute atomic E-state index is 12.0. The standard InChI is InChI=1S/C18H27NO2/c1-13(2)15-7-6-11-19(12-10-15)16-8-5-9-17(21-4)18(16)14(3)20/h5,8-9,13,15H,6-7,10-12H2,1-4H3. The first-order valence-corrected chi connectivity index (χ1v) is 7.97. The average Bonchev–Trinajstić information content (AvgIpc) is 2.72. The summed E-state index contributed by atoms with van der Waals surface area (Å²) in [4.78, 5) is 14.4. The van der Waals surface area contributed by atoms with Gasteiger partial charge in [0.15, 0.2) is 5.78 Å². The summed E-state index contributed by atoms with van der Waals surface area (Å²) in [6, 6.07) is 5.90. The summed E-state index contributed by atoms with van der Waals surface area (Å²) in [7, 11) is 1.63. The predicted molar refractivity (Wildman–Crippen MR) is 87.4 cm³/mol. The summed E-state index contributed by atoms with van der Waals surface area (Å²) in [6.45, 7) is 8.29. The molecule has 1 saturated heterocycles. The maximum Gasteiger partial charge on any atom is 0.165 e. The van der Waals surface area contributed by atoms with Crippen LogP contribution >= 0.6 is 0 Å². The van der Waals surface area contributed by atoms with E-state index in [-0.39, 0.29) is 5.78 Å². The lowest BCUT2D eigenvalue weighted by molar-refractivity contribution is 0.101. The summed E-state index contributed by atoms with van der Waals surface area (Å²) < 4.78 is 5.38. The van der Waals surface area contributed by atoms with Gasteiger partial charge in [0.1, 0.15) is 5.75 Å². The van der Waals surface area contributed by atoms with Gasteiger partial charge in [0, 0.05) is 13.1 Å². The number of ether oxygens (including phenoxy) is 1. The number of Topliss-reactive ketones (excluding diaryl/α,β-unsaturated/α-hetero) is 1. The van der Waals surface area contributed by atoms with Gasteiger partial charge in [-0.25, -0.2) is 0 Å². The van der Waals surface area contributed by atoms with E-state index >= 15 is 0 Å². The Bertz CT molecular complexity index is 496. The van der Waals surface area contributed by atoms with Crippen LogP contribution in [0.4, 0.5) is 5.69 Å². The van der Waals surface area contributed by atoms with Crippen LogP contribution in [-0.2, 0) is 0 Å². The van der Waals surface area contributed by atoms with Crippen molar-refractivity contribution in [2.24, 2.45) is 11.8 Å². The molecule has 1 atom stereocenters. The van der Waals surface area contributed by atoms with Crippen molar-refractivity contribution in [1.82, 2.24) is 0 Å². The predicted octanol–water partition coefficient (Wildman–Crippen LogP) is 4.16. The lowest BCUT2D eigenvalue weighted by atomic mass is 9.89. The number of hydrogen-bond acceptors (Lipinski definition) is 3. The maximum atomic E-state index is 12.0. The average molecular weight is 289 g/mol. The zero-order chi connectivity index (χ0) is 15.4. The van der Waals surface area contributed by atoms with E-state index < -0.39 is 0 Å². The van der Waals surface area contributed by atoms with Gasteiger partial charge >= 0.3 is 0 Å². The molecule has 1 aromatic rings. The Hall–Kier alpha value is -1.51. The fourth-order valence-corrected chi connectivity index (χ4v) is 3.34. The van der Waals surface area contributed by atoms with Crippen molar-refractivity contribution >= 4 is 11.5 Å². The molecular weight excluding hydrogens is 262 g/mol. The zero-order valence-electron chi connectivity index (χ0n) is 13.7. The molecule has 116 valence electrons. The second-order valence-corrected chi connectivity index (χ2v) is 6.33. The lowest BCUT2D eigenvalue weighted by Crippen LogP contribution is -2.26. The van der Waals surface area contributed by atoms with Crippen molar-refractivity contribution < 1.29 is 9.53 Å². The molecule has 2 rings (SSSR count). The van der Waals surface area contributed by atoms with Gasteiger partial charge in [0.2, 0.25) is 0 Å². The van der Waals surface area contributed by atoms with Crippen LogP contribution in [0.25, 0.3) is 0 Å². The summed E-state index contributed by atoms with van der Waals surface area (Å²) in [5, 5.41) is 0. The minimum atomic E-state index is 0.0760. The van der Waals surface area contributed by atoms with Crippen molar-refractivity contribution in [1.29, 1.82) is 0 Å². The van der Waals surface area contributed by atoms with Gasteiger partial charge < -0.3 is 9.64 Å². The normalized spacial score (nSPS) is 19.5. The summed E-state index contributed by atoms with van der Waals surface area (Å²) in [5.74, 6) is 2.29. The highest BCUT2D eigenvalue weighted by atomic mass is 16.5. The molecule has 3 heteroatoms. The SMILES string of the molecule is COc1cccc(N2CCCC(C(C)C)CC2)c1C(C)=O. The highest BCUT2D eigenvalue weighted by Gasteiger charge is 2.23. The van der Waals surface area contributed by atoms with Crippen LogP contribution in [0.3, 0.4) is 0 Å². The Morgan fingerprint density at radius 1 is 1.29 bits per heavy atom. The smallest absolute Gasteiger partial charge is 0.165 e. The second-order valence-electron chi connectivity index (χ2n) is 6.33. The number of carbonyl (C=O) groups is 1. The number of anilines is 1. The molecule has 0 aliphatic carbocycles. The van der Waals surface area contributed by atoms with Crippen LogP contribution in [0.15, 0.2) is 18.2 Å². The van der Waals surface area contributed by atoms with Crippen LogP contribution in [0.1, 0.15) is 50.4 Å². The Morgan fingerprint density at radius 2 is 2.05 bits per heavy atom. The number of hydrogen-bond donors (Lipinski definition) is 0. The third kappa shape index (κ3) is 3.58. The highest BCUT2D eigenvalue weighted by Crippen LogP contribution is 2.33. The third-order valence-corrected chi connectivity index (χ3v) is 4.63. The second kappa shape index (κ2) is 6.97. The van der Waals surface area contributed by atoms with E-state index in [2.05, 4.69) is 24.8 Å². The molecule has 0 aromatic heterocycles. The Kier molecular flexibility index (Phi) is 5.27. The quantitative estimate of drug-likeness (QED) is 0.779. The molecule has 1 heterocycles. The fraction of sp³-hybridized carbons (Fsp3) is 0.611. The van der Waals surface area contributed by atoms with Gasteiger partial charge in [0.25, 0.3) is 0 Å². The van der Waals surface area contributed by atoms with Crippen molar-refractivity contribution in [2.75, 3.05) is 25.1 Å². The molecule has 0 bridgehead atoms. The van der Waals surface area contributed by atoms with Crippen molar-refractivity contribution in [2.45, 2.75) is 40.0 Å². The first kappa shape index (κ1) is 15.9. The highest BCUT2D eigenvalue weighted by molar-refractivity contribution is 6.02. The molecule has 0 spiro atoms. The van der Waals surface area contributed by atoms with E-state index in [1.807, 2.05) is 12.1 Å². The van der Waals surface area contributed by atoms with Crippen molar-refractivity contribution in [3.63, 3.8) is 0 Å². The van der Waals surface area contributed by atoms with Crippen LogP contribution in [0, 0.1) is 11.8 Å². The van der Waals surface area contributed by atoms with Gasteiger partial charge in [-0.05, 0) is 50.2 Å². The molecule has 3 nitrogen and oxygen atoms in total. The largest absolute Gasteiger partial charge is 0.496 e. The third-order valence-electron chi connectivity index (χ3n) is 4.63. The monoisotopic (exact) mass is 289 g/mol. The minimum absolute atomic E-state index is 0.0760. The molecule has 0 saturated carbocycles. The number of benzene rings is 1. The summed E-state index contributed by atoms with van der Waals surface area (Å²) in [5.41, 5.74) is 1.76. The molecule has 0 N–H and O–H groups in total. The zero-order valence-corrected chi connectivity index (χ0v) is 13.7. The van der Waals surface area contributed by atoms with Crippen molar-refractivity contribution in [3.8, 4) is 5.75 Å². The molecule has 1 unspecified atom stereocenters. The van der Waals surface area contributed by atoms with E-state index in [4.69, 9.17) is 4.74 Å². The molecule has 1 aromatic carbocycles. The Morgan fingerprint density at radius 3 is 2.67 bits per heavy atom. The van der Waals surface area contributed by atoms with Crippen LogP contribution in [0.2, 0.25) is 0 Å². The number of ketones is 1. The van der Waals surface area contributed by atoms with Crippen LogP contribution in [0.5, 0.6) is 5.75 Å². The fourth-order valence-electron chi connectivity index (χ4n) is 3.34. The molecule has 0 radical (unpaired) electrons. The number of methoxy groups -OCH3 is 1. The van der Waals surface area contributed by atoms with Crippen LogP contribution < -0.4 is 9.64 Å².